The van der Waals surface area contributed by atoms with Gasteiger partial charge in [0.1, 0.15) is 23.1 Å². The zero-order valence-electron chi connectivity index (χ0n) is 12.2. The van der Waals surface area contributed by atoms with Gasteiger partial charge in [0, 0.05) is 5.56 Å². The van der Waals surface area contributed by atoms with Crippen LogP contribution in [0.2, 0.25) is 0 Å². The third-order valence-corrected chi connectivity index (χ3v) is 3.45. The highest BCUT2D eigenvalue weighted by Crippen LogP contribution is 2.39. The van der Waals surface area contributed by atoms with Crippen LogP contribution in [0.1, 0.15) is 11.3 Å². The molecule has 0 atom stereocenters. The molecule has 0 N–H and O–H groups in total. The topological polar surface area (TPSA) is 93.0 Å². The summed E-state index contributed by atoms with van der Waals surface area (Å²) < 4.78 is 5.32. The number of hydrogen-bond acceptors (Lipinski definition) is 5. The molecule has 2 aromatic heterocycles. The molecule has 6 nitrogen and oxygen atoms in total. The Morgan fingerprint density at radius 2 is 1.96 bits per heavy atom. The lowest BCUT2D eigenvalue weighted by molar-refractivity contribution is -0.385. The summed E-state index contributed by atoms with van der Waals surface area (Å²) >= 11 is 0. The Labute approximate surface area is 131 Å². The van der Waals surface area contributed by atoms with Gasteiger partial charge in [-0.25, -0.2) is 4.98 Å². The van der Waals surface area contributed by atoms with Crippen LogP contribution >= 0.6 is 0 Å². The molecule has 112 valence electrons. The van der Waals surface area contributed by atoms with Crippen molar-refractivity contribution in [3.05, 3.63) is 70.1 Å². The highest BCUT2D eigenvalue weighted by molar-refractivity contribution is 5.84. The van der Waals surface area contributed by atoms with Gasteiger partial charge in [-0.2, -0.15) is 5.26 Å². The van der Waals surface area contributed by atoms with E-state index in [1.54, 1.807) is 31.2 Å². The summed E-state index contributed by atoms with van der Waals surface area (Å²) in [5.74, 6) is 0.274. The first-order valence-electron chi connectivity index (χ1n) is 6.82. The molecule has 0 spiro atoms. The molecule has 3 aromatic rings. The van der Waals surface area contributed by atoms with Crippen molar-refractivity contribution in [2.45, 2.75) is 6.92 Å². The summed E-state index contributed by atoms with van der Waals surface area (Å²) in [7, 11) is 0. The Morgan fingerprint density at radius 3 is 2.52 bits per heavy atom. The van der Waals surface area contributed by atoms with Crippen molar-refractivity contribution in [2.24, 2.45) is 0 Å². The summed E-state index contributed by atoms with van der Waals surface area (Å²) in [6.07, 6.45) is 1.41. The van der Waals surface area contributed by atoms with E-state index in [4.69, 9.17) is 4.42 Å². The highest BCUT2D eigenvalue weighted by Gasteiger charge is 2.29. The summed E-state index contributed by atoms with van der Waals surface area (Å²) in [5.41, 5.74) is 1.44. The SMILES string of the molecule is Cc1nc(-c2ccccc2)c(C#N)c(-c2ccco2)c1[N+](=O)[O-]. The van der Waals surface area contributed by atoms with Crippen LogP contribution in [-0.4, -0.2) is 9.91 Å². The fourth-order valence-electron chi connectivity index (χ4n) is 2.49. The molecule has 2 heterocycles. The maximum absolute atomic E-state index is 11.5. The molecule has 0 radical (unpaired) electrons. The second-order valence-corrected chi connectivity index (χ2v) is 4.86. The summed E-state index contributed by atoms with van der Waals surface area (Å²) in [5, 5.41) is 21.1. The first-order valence-corrected chi connectivity index (χ1v) is 6.82. The van der Waals surface area contributed by atoms with Gasteiger partial charge in [-0.3, -0.25) is 10.1 Å². The van der Waals surface area contributed by atoms with E-state index in [0.717, 1.165) is 5.56 Å². The van der Waals surface area contributed by atoms with Crippen LogP contribution in [0.3, 0.4) is 0 Å². The van der Waals surface area contributed by atoms with Crippen LogP contribution in [0.5, 0.6) is 0 Å². The van der Waals surface area contributed by atoms with Crippen molar-refractivity contribution in [3.63, 3.8) is 0 Å². The lowest BCUT2D eigenvalue weighted by Crippen LogP contribution is -2.03. The van der Waals surface area contributed by atoms with Crippen molar-refractivity contribution < 1.29 is 9.34 Å². The zero-order chi connectivity index (χ0) is 16.4. The van der Waals surface area contributed by atoms with E-state index in [9.17, 15) is 15.4 Å². The Kier molecular flexibility index (Phi) is 3.61. The van der Waals surface area contributed by atoms with Crippen LogP contribution in [0.25, 0.3) is 22.6 Å². The van der Waals surface area contributed by atoms with Crippen LogP contribution in [0, 0.1) is 28.4 Å². The predicted octanol–water partition coefficient (Wildman–Crippen LogP) is 4.10. The van der Waals surface area contributed by atoms with E-state index in [1.807, 2.05) is 24.3 Å². The Hall–Kier alpha value is -3.46. The average molecular weight is 305 g/mol. The molecule has 3 rings (SSSR count). The zero-order valence-corrected chi connectivity index (χ0v) is 12.2. The van der Waals surface area contributed by atoms with Crippen molar-refractivity contribution in [1.82, 2.24) is 4.98 Å². The first kappa shape index (κ1) is 14.5. The smallest absolute Gasteiger partial charge is 0.302 e. The Bertz CT molecular complexity index is 911. The van der Waals surface area contributed by atoms with Crippen molar-refractivity contribution in [2.75, 3.05) is 0 Å². The van der Waals surface area contributed by atoms with Gasteiger partial charge in [-0.05, 0) is 19.1 Å². The minimum absolute atomic E-state index is 0.128. The summed E-state index contributed by atoms with van der Waals surface area (Å²) in [4.78, 5) is 15.2. The number of hydrogen-bond donors (Lipinski definition) is 0. The van der Waals surface area contributed by atoms with Crippen LogP contribution in [0.15, 0.2) is 53.1 Å². The molecule has 0 amide bonds. The lowest BCUT2D eigenvalue weighted by atomic mass is 9.97. The molecule has 0 unspecified atom stereocenters. The fraction of sp³-hybridized carbons (Fsp3) is 0.0588. The van der Waals surface area contributed by atoms with E-state index in [2.05, 4.69) is 4.98 Å². The molecular formula is C17H11N3O3. The van der Waals surface area contributed by atoms with Gasteiger partial charge < -0.3 is 4.42 Å². The standard InChI is InChI=1S/C17H11N3O3/c1-11-17(20(21)22)15(14-8-5-9-23-14)13(10-18)16(19-11)12-6-3-2-4-7-12/h2-9H,1H3. The molecule has 0 saturated heterocycles. The molecule has 0 saturated carbocycles. The molecule has 0 bridgehead atoms. The second kappa shape index (κ2) is 5.73. The van der Waals surface area contributed by atoms with Gasteiger partial charge >= 0.3 is 5.69 Å². The molecular weight excluding hydrogens is 294 g/mol. The van der Waals surface area contributed by atoms with Gasteiger partial charge in [0.2, 0.25) is 0 Å². The second-order valence-electron chi connectivity index (χ2n) is 4.86. The number of nitro groups is 1. The van der Waals surface area contributed by atoms with Gasteiger partial charge in [0.15, 0.2) is 0 Å². The van der Waals surface area contributed by atoms with Crippen LogP contribution in [0.4, 0.5) is 5.69 Å². The molecule has 0 fully saturated rings. The number of benzene rings is 1. The molecule has 0 aliphatic rings. The first-order chi connectivity index (χ1) is 11.1. The number of nitriles is 1. The third-order valence-electron chi connectivity index (χ3n) is 3.45. The molecule has 6 heteroatoms. The molecule has 0 aliphatic carbocycles. The third kappa shape index (κ3) is 2.45. The number of nitrogens with zero attached hydrogens (tertiary/aromatic N) is 3. The van der Waals surface area contributed by atoms with Gasteiger partial charge in [-0.15, -0.1) is 0 Å². The van der Waals surface area contributed by atoms with Gasteiger partial charge in [0.25, 0.3) is 0 Å². The molecule has 23 heavy (non-hydrogen) atoms. The fourth-order valence-corrected chi connectivity index (χ4v) is 2.49. The summed E-state index contributed by atoms with van der Waals surface area (Å²) in [6.45, 7) is 1.55. The van der Waals surface area contributed by atoms with Crippen molar-refractivity contribution in [3.8, 4) is 28.7 Å². The van der Waals surface area contributed by atoms with E-state index in [0.29, 0.717) is 5.69 Å². The van der Waals surface area contributed by atoms with Crippen LogP contribution in [-0.2, 0) is 0 Å². The number of furan rings is 1. The van der Waals surface area contributed by atoms with E-state index in [-0.39, 0.29) is 28.3 Å². The van der Waals surface area contributed by atoms with E-state index in [1.165, 1.54) is 6.26 Å². The largest absolute Gasteiger partial charge is 0.464 e. The number of rotatable bonds is 3. The number of aromatic nitrogens is 1. The number of aryl methyl sites for hydroxylation is 1. The van der Waals surface area contributed by atoms with Gasteiger partial charge in [0.05, 0.1) is 22.4 Å². The highest BCUT2D eigenvalue weighted by atomic mass is 16.6. The average Bonchev–Trinajstić information content (AvgIpc) is 3.08. The minimum Gasteiger partial charge on any atom is -0.464 e. The van der Waals surface area contributed by atoms with Crippen molar-refractivity contribution in [1.29, 1.82) is 5.26 Å². The molecule has 1 aromatic carbocycles. The van der Waals surface area contributed by atoms with E-state index < -0.39 is 4.92 Å². The molecule has 0 aliphatic heterocycles. The normalized spacial score (nSPS) is 10.3. The summed E-state index contributed by atoms with van der Waals surface area (Å²) in [6, 6.07) is 14.4. The van der Waals surface area contributed by atoms with Gasteiger partial charge in [-0.1, -0.05) is 30.3 Å². The lowest BCUT2D eigenvalue weighted by Gasteiger charge is -2.10. The maximum atomic E-state index is 11.5. The minimum atomic E-state index is -0.532. The Morgan fingerprint density at radius 1 is 1.22 bits per heavy atom. The maximum Gasteiger partial charge on any atom is 0.302 e. The number of pyridine rings is 1. The van der Waals surface area contributed by atoms with Crippen molar-refractivity contribution >= 4 is 5.69 Å². The Balaban J connectivity index is 2.42. The van der Waals surface area contributed by atoms with E-state index >= 15 is 0 Å². The predicted molar refractivity (Wildman–Crippen MR) is 83.5 cm³/mol. The van der Waals surface area contributed by atoms with Crippen LogP contribution < -0.4 is 0 Å². The quantitative estimate of drug-likeness (QED) is 0.536. The monoisotopic (exact) mass is 305 g/mol.